The first-order valence-corrected chi connectivity index (χ1v) is 5.07. The predicted molar refractivity (Wildman–Crippen MR) is 60.6 cm³/mol. The Kier molecular flexibility index (Phi) is 2.97. The highest BCUT2D eigenvalue weighted by atomic mass is 16.5. The monoisotopic (exact) mass is 235 g/mol. The van der Waals surface area contributed by atoms with Crippen LogP contribution in [0.5, 0.6) is 11.5 Å². The SMILES string of the molecule is COc1c(O)ccc(C)c1-c1noc(CN)n1. The average molecular weight is 235 g/mol. The molecule has 0 amide bonds. The minimum atomic E-state index is 0.0344. The maximum Gasteiger partial charge on any atom is 0.240 e. The molecule has 0 fully saturated rings. The summed E-state index contributed by atoms with van der Waals surface area (Å²) in [6.07, 6.45) is 0. The number of nitrogens with zero attached hydrogens (tertiary/aromatic N) is 2. The number of phenolic OH excluding ortho intramolecular Hbond substituents is 1. The molecule has 0 aliphatic heterocycles. The van der Waals surface area contributed by atoms with Gasteiger partial charge in [-0.1, -0.05) is 11.2 Å². The third-order valence-corrected chi connectivity index (χ3v) is 2.42. The van der Waals surface area contributed by atoms with Gasteiger partial charge in [0.2, 0.25) is 11.7 Å². The third-order valence-electron chi connectivity index (χ3n) is 2.42. The predicted octanol–water partition coefficient (Wildman–Crippen LogP) is 1.22. The van der Waals surface area contributed by atoms with Crippen molar-refractivity contribution in [1.82, 2.24) is 10.1 Å². The molecule has 0 atom stereocenters. The molecule has 0 aliphatic rings. The van der Waals surface area contributed by atoms with Crippen LogP contribution in [-0.4, -0.2) is 22.4 Å². The molecule has 6 nitrogen and oxygen atoms in total. The summed E-state index contributed by atoms with van der Waals surface area (Å²) >= 11 is 0. The molecule has 0 saturated heterocycles. The van der Waals surface area contributed by atoms with Crippen LogP contribution in [0.4, 0.5) is 0 Å². The molecule has 2 aromatic rings. The zero-order valence-corrected chi connectivity index (χ0v) is 9.60. The van der Waals surface area contributed by atoms with Gasteiger partial charge < -0.3 is 20.1 Å². The summed E-state index contributed by atoms with van der Waals surface area (Å²) in [7, 11) is 1.47. The molecule has 0 bridgehead atoms. The smallest absolute Gasteiger partial charge is 0.240 e. The highest BCUT2D eigenvalue weighted by molar-refractivity contribution is 5.71. The normalized spacial score (nSPS) is 10.5. The highest BCUT2D eigenvalue weighted by Gasteiger charge is 2.18. The molecule has 0 spiro atoms. The van der Waals surface area contributed by atoms with Gasteiger partial charge >= 0.3 is 0 Å². The van der Waals surface area contributed by atoms with Crippen LogP contribution in [0.15, 0.2) is 16.7 Å². The van der Waals surface area contributed by atoms with E-state index in [9.17, 15) is 5.11 Å². The summed E-state index contributed by atoms with van der Waals surface area (Å²) in [5.41, 5.74) is 6.89. The van der Waals surface area contributed by atoms with Gasteiger partial charge in [0.05, 0.1) is 19.2 Å². The molecular weight excluding hydrogens is 222 g/mol. The number of aromatic hydroxyl groups is 1. The van der Waals surface area contributed by atoms with Crippen molar-refractivity contribution < 1.29 is 14.4 Å². The van der Waals surface area contributed by atoms with E-state index in [1.54, 1.807) is 12.1 Å². The van der Waals surface area contributed by atoms with E-state index in [-0.39, 0.29) is 12.3 Å². The van der Waals surface area contributed by atoms with Crippen molar-refractivity contribution in [2.75, 3.05) is 7.11 Å². The van der Waals surface area contributed by atoms with Crippen molar-refractivity contribution in [3.05, 3.63) is 23.6 Å². The van der Waals surface area contributed by atoms with E-state index in [0.29, 0.717) is 23.0 Å². The van der Waals surface area contributed by atoms with E-state index in [2.05, 4.69) is 10.1 Å². The quantitative estimate of drug-likeness (QED) is 0.830. The fourth-order valence-corrected chi connectivity index (χ4v) is 1.59. The molecule has 1 heterocycles. The topological polar surface area (TPSA) is 94.4 Å². The summed E-state index contributed by atoms with van der Waals surface area (Å²) in [5.74, 6) is 1.06. The number of hydrogen-bond acceptors (Lipinski definition) is 6. The minimum absolute atomic E-state index is 0.0344. The van der Waals surface area contributed by atoms with Crippen LogP contribution >= 0.6 is 0 Å². The van der Waals surface area contributed by atoms with Crippen LogP contribution in [0.1, 0.15) is 11.5 Å². The number of ether oxygens (including phenoxy) is 1. The van der Waals surface area contributed by atoms with Crippen LogP contribution < -0.4 is 10.5 Å². The lowest BCUT2D eigenvalue weighted by atomic mass is 10.1. The zero-order chi connectivity index (χ0) is 12.4. The summed E-state index contributed by atoms with van der Waals surface area (Å²) < 4.78 is 10.1. The summed E-state index contributed by atoms with van der Waals surface area (Å²) in [6, 6.07) is 3.31. The number of methoxy groups -OCH3 is 1. The van der Waals surface area contributed by atoms with Crippen molar-refractivity contribution in [3.63, 3.8) is 0 Å². The molecule has 1 aromatic carbocycles. The molecule has 1 aromatic heterocycles. The molecule has 0 unspecified atom stereocenters. The van der Waals surface area contributed by atoms with Gasteiger partial charge in [-0.05, 0) is 18.6 Å². The van der Waals surface area contributed by atoms with E-state index < -0.39 is 0 Å². The summed E-state index contributed by atoms with van der Waals surface area (Å²) in [6.45, 7) is 2.04. The van der Waals surface area contributed by atoms with Crippen LogP contribution in [-0.2, 0) is 6.54 Å². The van der Waals surface area contributed by atoms with Gasteiger partial charge in [0.1, 0.15) is 0 Å². The second-order valence-electron chi connectivity index (χ2n) is 3.53. The van der Waals surface area contributed by atoms with E-state index in [1.165, 1.54) is 7.11 Å². The minimum Gasteiger partial charge on any atom is -0.504 e. The van der Waals surface area contributed by atoms with Gasteiger partial charge in [0.15, 0.2) is 11.5 Å². The maximum atomic E-state index is 9.71. The second kappa shape index (κ2) is 4.42. The first-order valence-electron chi connectivity index (χ1n) is 5.07. The maximum absolute atomic E-state index is 9.71. The van der Waals surface area contributed by atoms with Gasteiger partial charge in [-0.25, -0.2) is 0 Å². The summed E-state index contributed by atoms with van der Waals surface area (Å²) in [4.78, 5) is 4.12. The molecule has 2 rings (SSSR count). The molecule has 17 heavy (non-hydrogen) atoms. The highest BCUT2D eigenvalue weighted by Crippen LogP contribution is 2.38. The molecule has 0 aliphatic carbocycles. The van der Waals surface area contributed by atoms with E-state index in [4.69, 9.17) is 15.0 Å². The molecule has 0 radical (unpaired) electrons. The Bertz CT molecular complexity index is 537. The fourth-order valence-electron chi connectivity index (χ4n) is 1.59. The number of rotatable bonds is 3. The Labute approximate surface area is 98.0 Å². The van der Waals surface area contributed by atoms with Crippen LogP contribution in [0, 0.1) is 6.92 Å². The van der Waals surface area contributed by atoms with Gasteiger partial charge in [-0.3, -0.25) is 0 Å². The third kappa shape index (κ3) is 1.94. The Balaban J connectivity index is 2.60. The Hall–Kier alpha value is -2.08. The first kappa shape index (κ1) is 11.4. The lowest BCUT2D eigenvalue weighted by Gasteiger charge is -2.09. The standard InChI is InChI=1S/C11H13N3O3/c1-6-3-4-7(15)10(16-2)9(6)11-13-8(5-12)17-14-11/h3-4,15H,5,12H2,1-2H3. The Morgan fingerprint density at radius 3 is 2.82 bits per heavy atom. The second-order valence-corrected chi connectivity index (χ2v) is 3.53. The molecular formula is C11H13N3O3. The van der Waals surface area contributed by atoms with E-state index >= 15 is 0 Å². The van der Waals surface area contributed by atoms with Crippen LogP contribution in [0.25, 0.3) is 11.4 Å². The largest absolute Gasteiger partial charge is 0.504 e. The van der Waals surface area contributed by atoms with Crippen molar-refractivity contribution in [2.45, 2.75) is 13.5 Å². The van der Waals surface area contributed by atoms with Crippen molar-refractivity contribution in [1.29, 1.82) is 0 Å². The number of phenols is 1. The van der Waals surface area contributed by atoms with Gasteiger partial charge in [-0.15, -0.1) is 0 Å². The molecule has 0 saturated carbocycles. The number of aryl methyl sites for hydroxylation is 1. The van der Waals surface area contributed by atoms with Crippen molar-refractivity contribution >= 4 is 0 Å². The Morgan fingerprint density at radius 1 is 1.47 bits per heavy atom. The van der Waals surface area contributed by atoms with E-state index in [1.807, 2.05) is 6.92 Å². The lowest BCUT2D eigenvalue weighted by Crippen LogP contribution is -1.97. The molecule has 90 valence electrons. The van der Waals surface area contributed by atoms with Crippen molar-refractivity contribution in [3.8, 4) is 22.9 Å². The number of hydrogen-bond donors (Lipinski definition) is 2. The van der Waals surface area contributed by atoms with Gasteiger partial charge in [0.25, 0.3) is 0 Å². The zero-order valence-electron chi connectivity index (χ0n) is 9.60. The van der Waals surface area contributed by atoms with Crippen molar-refractivity contribution in [2.24, 2.45) is 5.73 Å². The molecule has 3 N–H and O–H groups in total. The fraction of sp³-hybridized carbons (Fsp3) is 0.273. The van der Waals surface area contributed by atoms with E-state index in [0.717, 1.165) is 5.56 Å². The average Bonchev–Trinajstić information content (AvgIpc) is 2.80. The Morgan fingerprint density at radius 2 is 2.24 bits per heavy atom. The van der Waals surface area contributed by atoms with Gasteiger partial charge in [-0.2, -0.15) is 4.98 Å². The number of benzene rings is 1. The van der Waals surface area contributed by atoms with Gasteiger partial charge in [0, 0.05) is 0 Å². The van der Waals surface area contributed by atoms with Crippen LogP contribution in [0.2, 0.25) is 0 Å². The lowest BCUT2D eigenvalue weighted by molar-refractivity contribution is 0.371. The van der Waals surface area contributed by atoms with Crippen LogP contribution in [0.3, 0.4) is 0 Å². The number of nitrogens with two attached hydrogens (primary N) is 1. The summed E-state index contributed by atoms with van der Waals surface area (Å²) in [5, 5.41) is 13.5. The molecule has 6 heteroatoms. The number of aromatic nitrogens is 2. The first-order chi connectivity index (χ1) is 8.17.